The van der Waals surface area contributed by atoms with Crippen molar-refractivity contribution in [1.82, 2.24) is 0 Å². The maximum atomic E-state index is 14.2. The highest BCUT2D eigenvalue weighted by atomic mass is 19.3. The van der Waals surface area contributed by atoms with Gasteiger partial charge < -0.3 is 9.47 Å². The second-order valence-corrected chi connectivity index (χ2v) is 5.56. The number of ether oxygens (including phenoxy) is 2. The van der Waals surface area contributed by atoms with E-state index < -0.39 is 23.3 Å². The minimum atomic E-state index is -3.93. The number of hydrogen-bond donors (Lipinski definition) is 0. The molecule has 0 aromatic heterocycles. The van der Waals surface area contributed by atoms with E-state index in [0.717, 1.165) is 12.1 Å². The second kappa shape index (κ2) is 7.83. The van der Waals surface area contributed by atoms with Gasteiger partial charge in [0.2, 0.25) is 0 Å². The van der Waals surface area contributed by atoms with Crippen molar-refractivity contribution in [3.8, 4) is 0 Å². The molecule has 2 rings (SSSR count). The molecular formula is C18H20F4O2. The van der Waals surface area contributed by atoms with Crippen molar-refractivity contribution >= 4 is 0 Å². The van der Waals surface area contributed by atoms with Gasteiger partial charge in [-0.3, -0.25) is 0 Å². The summed E-state index contributed by atoms with van der Waals surface area (Å²) in [6.45, 7) is 5.54. The average Bonchev–Trinajstić information content (AvgIpc) is 2.56. The maximum Gasteiger partial charge on any atom is 0.429 e. The van der Waals surface area contributed by atoms with Crippen LogP contribution in [0.15, 0.2) is 36.6 Å². The molecule has 0 saturated heterocycles. The van der Waals surface area contributed by atoms with Gasteiger partial charge in [0.05, 0.1) is 18.5 Å². The number of alkyl halides is 2. The van der Waals surface area contributed by atoms with E-state index >= 15 is 0 Å². The smallest absolute Gasteiger partial charge is 0.429 e. The van der Waals surface area contributed by atoms with Crippen molar-refractivity contribution in [3.63, 3.8) is 0 Å². The molecule has 0 amide bonds. The molecule has 0 bridgehead atoms. The van der Waals surface area contributed by atoms with Crippen molar-refractivity contribution in [1.29, 1.82) is 0 Å². The fraction of sp³-hybridized carbons (Fsp3) is 0.444. The summed E-state index contributed by atoms with van der Waals surface area (Å²) < 4.78 is 66.2. The highest BCUT2D eigenvalue weighted by molar-refractivity contribution is 5.28. The zero-order valence-electron chi connectivity index (χ0n) is 13.5. The number of hydrogen-bond acceptors (Lipinski definition) is 2. The van der Waals surface area contributed by atoms with E-state index in [2.05, 4.69) is 11.3 Å². The Balaban J connectivity index is 2.10. The summed E-state index contributed by atoms with van der Waals surface area (Å²) in [5.41, 5.74) is -1.05. The number of benzene rings is 1. The van der Waals surface area contributed by atoms with E-state index in [1.165, 1.54) is 6.08 Å². The van der Waals surface area contributed by atoms with Crippen molar-refractivity contribution in [3.05, 3.63) is 59.4 Å². The van der Waals surface area contributed by atoms with Crippen LogP contribution in [0, 0.1) is 11.6 Å². The molecular weight excluding hydrogens is 324 g/mol. The molecule has 1 aliphatic rings. The summed E-state index contributed by atoms with van der Waals surface area (Å²) in [7, 11) is 0. The molecule has 0 aliphatic heterocycles. The first kappa shape index (κ1) is 18.5. The minimum Gasteiger partial charge on any atom is -0.434 e. The second-order valence-electron chi connectivity index (χ2n) is 5.56. The average molecular weight is 344 g/mol. The van der Waals surface area contributed by atoms with Crippen molar-refractivity contribution in [2.75, 3.05) is 6.61 Å². The molecule has 0 saturated carbocycles. The Labute approximate surface area is 138 Å². The summed E-state index contributed by atoms with van der Waals surface area (Å²) in [6, 6.07) is 2.02. The third-order valence-electron chi connectivity index (χ3n) is 3.89. The zero-order valence-corrected chi connectivity index (χ0v) is 13.5. The van der Waals surface area contributed by atoms with Crippen LogP contribution in [0.1, 0.15) is 37.3 Å². The Morgan fingerprint density at radius 2 is 2.04 bits per heavy atom. The zero-order chi connectivity index (χ0) is 17.7. The lowest BCUT2D eigenvalue weighted by Gasteiger charge is -2.26. The molecule has 2 nitrogen and oxygen atoms in total. The first-order valence-electron chi connectivity index (χ1n) is 7.84. The molecule has 1 aromatic rings. The van der Waals surface area contributed by atoms with E-state index in [1.807, 2.05) is 0 Å². The molecule has 0 fully saturated rings. The summed E-state index contributed by atoms with van der Waals surface area (Å²) in [5.74, 6) is -2.77. The van der Waals surface area contributed by atoms with Gasteiger partial charge in [0.15, 0.2) is 11.6 Å². The summed E-state index contributed by atoms with van der Waals surface area (Å²) in [4.78, 5) is 0. The Morgan fingerprint density at radius 3 is 2.62 bits per heavy atom. The molecule has 24 heavy (non-hydrogen) atoms. The highest BCUT2D eigenvalue weighted by Crippen LogP contribution is 2.37. The van der Waals surface area contributed by atoms with Crippen LogP contribution in [-0.4, -0.2) is 12.7 Å². The summed E-state index contributed by atoms with van der Waals surface area (Å²) in [5, 5.41) is 0. The van der Waals surface area contributed by atoms with Crippen LogP contribution in [-0.2, 0) is 22.0 Å². The number of aryl methyl sites for hydroxylation is 1. The Kier molecular flexibility index (Phi) is 6.04. The van der Waals surface area contributed by atoms with Gasteiger partial charge in [-0.15, -0.1) is 6.58 Å². The fourth-order valence-electron chi connectivity index (χ4n) is 2.54. The van der Waals surface area contributed by atoms with Crippen LogP contribution >= 0.6 is 0 Å². The van der Waals surface area contributed by atoms with Gasteiger partial charge in [0.1, 0.15) is 5.56 Å². The lowest BCUT2D eigenvalue weighted by molar-refractivity contribution is -0.228. The lowest BCUT2D eigenvalue weighted by atomic mass is 10.0. The molecule has 6 heteroatoms. The minimum absolute atomic E-state index is 0.0474. The molecule has 1 aromatic carbocycles. The van der Waals surface area contributed by atoms with E-state index in [0.29, 0.717) is 19.4 Å². The predicted octanol–water partition coefficient (Wildman–Crippen LogP) is 5.23. The Bertz CT molecular complexity index is 626. The summed E-state index contributed by atoms with van der Waals surface area (Å²) in [6.07, 6.45) is 0.494. The van der Waals surface area contributed by atoms with Gasteiger partial charge in [-0.1, -0.05) is 19.1 Å². The van der Waals surface area contributed by atoms with E-state index in [9.17, 15) is 17.6 Å². The third-order valence-corrected chi connectivity index (χ3v) is 3.89. The standard InChI is InChI=1S/C18H20F4O2/c1-3-11-23-13-6-8-14(9-7-13)24-18(21,22)15-10-5-12(4-2)16(19)17(15)20/h3,5,8,10,13H,1,4,6-7,9,11H2,2H3. The Morgan fingerprint density at radius 1 is 1.29 bits per heavy atom. The van der Waals surface area contributed by atoms with E-state index in [1.54, 1.807) is 13.0 Å². The van der Waals surface area contributed by atoms with Crippen LogP contribution < -0.4 is 0 Å². The number of rotatable bonds is 7. The first-order valence-corrected chi connectivity index (χ1v) is 7.84. The van der Waals surface area contributed by atoms with Crippen molar-refractivity contribution in [2.45, 2.75) is 44.8 Å². The van der Waals surface area contributed by atoms with Gasteiger partial charge in [-0.2, -0.15) is 8.78 Å². The maximum absolute atomic E-state index is 14.2. The molecule has 0 spiro atoms. The quantitative estimate of drug-likeness (QED) is 0.498. The molecule has 132 valence electrons. The normalized spacial score (nSPS) is 18.2. The van der Waals surface area contributed by atoms with Crippen molar-refractivity contribution in [2.24, 2.45) is 0 Å². The van der Waals surface area contributed by atoms with E-state index in [4.69, 9.17) is 4.74 Å². The monoisotopic (exact) mass is 344 g/mol. The molecule has 1 unspecified atom stereocenters. The first-order chi connectivity index (χ1) is 11.4. The third kappa shape index (κ3) is 4.17. The molecule has 0 N–H and O–H groups in total. The van der Waals surface area contributed by atoms with Crippen LogP contribution in [0.4, 0.5) is 17.6 Å². The largest absolute Gasteiger partial charge is 0.434 e. The highest BCUT2D eigenvalue weighted by Gasteiger charge is 2.40. The topological polar surface area (TPSA) is 18.5 Å². The molecule has 0 heterocycles. The van der Waals surface area contributed by atoms with Crippen LogP contribution in [0.2, 0.25) is 0 Å². The lowest BCUT2D eigenvalue weighted by Crippen LogP contribution is -2.23. The SMILES string of the molecule is C=CCOC1CC=C(OC(F)(F)c2ccc(CC)c(F)c2F)CC1. The van der Waals surface area contributed by atoms with Gasteiger partial charge in [-0.25, -0.2) is 8.78 Å². The van der Waals surface area contributed by atoms with Crippen molar-refractivity contribution < 1.29 is 27.0 Å². The molecule has 0 radical (unpaired) electrons. The molecule has 1 atom stereocenters. The fourth-order valence-corrected chi connectivity index (χ4v) is 2.54. The molecule has 1 aliphatic carbocycles. The summed E-state index contributed by atoms with van der Waals surface area (Å²) >= 11 is 0. The van der Waals surface area contributed by atoms with Crippen LogP contribution in [0.5, 0.6) is 0 Å². The van der Waals surface area contributed by atoms with Gasteiger partial charge in [-0.05, 0) is 37.0 Å². The van der Waals surface area contributed by atoms with Gasteiger partial charge >= 0.3 is 6.11 Å². The predicted molar refractivity (Wildman–Crippen MR) is 82.6 cm³/mol. The van der Waals surface area contributed by atoms with Gasteiger partial charge in [0, 0.05) is 6.42 Å². The number of allylic oxidation sites excluding steroid dienone is 1. The van der Waals surface area contributed by atoms with Gasteiger partial charge in [0.25, 0.3) is 0 Å². The van der Waals surface area contributed by atoms with E-state index in [-0.39, 0.29) is 30.3 Å². The Hall–Kier alpha value is -1.82. The van der Waals surface area contributed by atoms with Crippen LogP contribution in [0.3, 0.4) is 0 Å². The van der Waals surface area contributed by atoms with Crippen LogP contribution in [0.25, 0.3) is 0 Å². The number of halogens is 4.